The molecule has 1 heterocycles. The van der Waals surface area contributed by atoms with Crippen LogP contribution in [0.3, 0.4) is 0 Å². The second-order valence-electron chi connectivity index (χ2n) is 8.13. The fourth-order valence-electron chi connectivity index (χ4n) is 4.08. The fourth-order valence-corrected chi connectivity index (χ4v) is 4.08. The molecule has 0 aliphatic carbocycles. The number of piperazine rings is 1. The van der Waals surface area contributed by atoms with E-state index in [-0.39, 0.29) is 11.8 Å². The van der Waals surface area contributed by atoms with Crippen LogP contribution in [0.1, 0.15) is 27.0 Å². The molecule has 1 fully saturated rings. The van der Waals surface area contributed by atoms with E-state index < -0.39 is 6.04 Å². The van der Waals surface area contributed by atoms with Gasteiger partial charge in [0.1, 0.15) is 6.04 Å². The van der Waals surface area contributed by atoms with E-state index in [1.165, 1.54) is 5.56 Å². The van der Waals surface area contributed by atoms with Crippen LogP contribution in [0.15, 0.2) is 84.9 Å². The van der Waals surface area contributed by atoms with Gasteiger partial charge in [-0.25, -0.2) is 0 Å². The molecule has 0 radical (unpaired) electrons. The molecule has 2 amide bonds. The summed E-state index contributed by atoms with van der Waals surface area (Å²) < 4.78 is 0. The number of nitrogens with one attached hydrogen (secondary N) is 1. The first kappa shape index (κ1) is 22.3. The number of hydrogen-bond donors (Lipinski definition) is 1. The van der Waals surface area contributed by atoms with E-state index in [2.05, 4.69) is 28.4 Å². The molecule has 1 unspecified atom stereocenters. The summed E-state index contributed by atoms with van der Waals surface area (Å²) in [6, 6.07) is 27.9. The van der Waals surface area contributed by atoms with Crippen molar-refractivity contribution in [2.75, 3.05) is 19.6 Å². The Morgan fingerprint density at radius 1 is 0.909 bits per heavy atom. The Morgan fingerprint density at radius 2 is 1.61 bits per heavy atom. The lowest BCUT2D eigenvalue weighted by Crippen LogP contribution is -2.60. The maximum absolute atomic E-state index is 13.3. The van der Waals surface area contributed by atoms with Crippen LogP contribution < -0.4 is 5.32 Å². The average Bonchev–Trinajstić information content (AvgIpc) is 2.88. The van der Waals surface area contributed by atoms with Gasteiger partial charge < -0.3 is 10.2 Å². The van der Waals surface area contributed by atoms with E-state index in [4.69, 9.17) is 0 Å². The van der Waals surface area contributed by atoms with Crippen molar-refractivity contribution < 1.29 is 9.59 Å². The molecule has 33 heavy (non-hydrogen) atoms. The van der Waals surface area contributed by atoms with Crippen LogP contribution in [0.2, 0.25) is 0 Å². The number of nitrogens with zero attached hydrogens (tertiary/aromatic N) is 3. The molecule has 4 rings (SSSR count). The maximum atomic E-state index is 13.3. The Bertz CT molecular complexity index is 1140. The predicted molar refractivity (Wildman–Crippen MR) is 126 cm³/mol. The molecule has 1 aliphatic heterocycles. The summed E-state index contributed by atoms with van der Waals surface area (Å²) in [5.41, 5.74) is 3.02. The minimum atomic E-state index is -0.621. The van der Waals surface area contributed by atoms with Crippen molar-refractivity contribution in [1.82, 2.24) is 15.1 Å². The predicted octanol–water partition coefficient (Wildman–Crippen LogP) is 3.20. The number of amides is 2. The Hall–Kier alpha value is -3.95. The van der Waals surface area contributed by atoms with Crippen LogP contribution >= 0.6 is 0 Å². The van der Waals surface area contributed by atoms with Gasteiger partial charge in [0.05, 0.1) is 11.6 Å². The zero-order chi connectivity index (χ0) is 23.0. The van der Waals surface area contributed by atoms with Crippen molar-refractivity contribution in [2.24, 2.45) is 0 Å². The van der Waals surface area contributed by atoms with Gasteiger partial charge in [-0.15, -0.1) is 0 Å². The third-order valence-corrected chi connectivity index (χ3v) is 5.83. The van der Waals surface area contributed by atoms with Crippen LogP contribution in [0, 0.1) is 11.3 Å². The number of rotatable bonds is 6. The molecule has 0 bridgehead atoms. The second-order valence-corrected chi connectivity index (χ2v) is 8.13. The molecule has 0 aromatic heterocycles. The number of benzene rings is 3. The van der Waals surface area contributed by atoms with Gasteiger partial charge in [0.15, 0.2) is 0 Å². The van der Waals surface area contributed by atoms with E-state index in [1.807, 2.05) is 48.5 Å². The van der Waals surface area contributed by atoms with Crippen molar-refractivity contribution in [3.63, 3.8) is 0 Å². The van der Waals surface area contributed by atoms with Gasteiger partial charge in [-0.1, -0.05) is 66.7 Å². The highest BCUT2D eigenvalue weighted by atomic mass is 16.2. The first-order valence-corrected chi connectivity index (χ1v) is 11.0. The summed E-state index contributed by atoms with van der Waals surface area (Å²) >= 11 is 0. The lowest BCUT2D eigenvalue weighted by molar-refractivity contribution is -0.128. The Kier molecular flexibility index (Phi) is 7.13. The van der Waals surface area contributed by atoms with E-state index in [9.17, 15) is 14.9 Å². The van der Waals surface area contributed by atoms with Crippen molar-refractivity contribution >= 4 is 11.8 Å². The van der Waals surface area contributed by atoms with Crippen LogP contribution in [0.5, 0.6) is 0 Å². The Labute approximate surface area is 194 Å². The van der Waals surface area contributed by atoms with E-state index in [0.717, 1.165) is 12.1 Å². The van der Waals surface area contributed by atoms with Crippen molar-refractivity contribution in [2.45, 2.75) is 19.1 Å². The monoisotopic (exact) mass is 438 g/mol. The molecule has 166 valence electrons. The Balaban J connectivity index is 1.52. The van der Waals surface area contributed by atoms with Gasteiger partial charge in [0.2, 0.25) is 5.91 Å². The molecule has 3 aromatic rings. The van der Waals surface area contributed by atoms with Crippen molar-refractivity contribution in [3.05, 3.63) is 107 Å². The maximum Gasteiger partial charge on any atom is 0.254 e. The first-order valence-electron chi connectivity index (χ1n) is 11.0. The van der Waals surface area contributed by atoms with Crippen LogP contribution in [0.25, 0.3) is 0 Å². The van der Waals surface area contributed by atoms with Crippen LogP contribution in [-0.4, -0.2) is 47.3 Å². The minimum absolute atomic E-state index is 0.179. The van der Waals surface area contributed by atoms with Crippen LogP contribution in [0.4, 0.5) is 0 Å². The number of carbonyl (C=O) groups excluding carboxylic acids is 2. The molecular formula is C27H26N4O2. The smallest absolute Gasteiger partial charge is 0.254 e. The Morgan fingerprint density at radius 3 is 2.30 bits per heavy atom. The van der Waals surface area contributed by atoms with Gasteiger partial charge in [0, 0.05) is 38.3 Å². The topological polar surface area (TPSA) is 76.4 Å². The molecule has 6 heteroatoms. The molecule has 0 saturated carbocycles. The SMILES string of the molecule is N#Cc1cccc(C(=O)N2CCN(Cc3ccccc3)CC2C(=O)NCc2ccccc2)c1. The average molecular weight is 439 g/mol. The van der Waals surface area contributed by atoms with Crippen LogP contribution in [-0.2, 0) is 17.9 Å². The number of nitriles is 1. The van der Waals surface area contributed by atoms with Gasteiger partial charge in [-0.05, 0) is 29.3 Å². The third-order valence-electron chi connectivity index (χ3n) is 5.83. The zero-order valence-electron chi connectivity index (χ0n) is 18.4. The lowest BCUT2D eigenvalue weighted by atomic mass is 10.1. The van der Waals surface area contributed by atoms with Crippen molar-refractivity contribution in [3.8, 4) is 6.07 Å². The molecule has 3 aromatic carbocycles. The quantitative estimate of drug-likeness (QED) is 0.641. The highest BCUT2D eigenvalue weighted by molar-refractivity contribution is 5.98. The first-order chi connectivity index (χ1) is 16.1. The third kappa shape index (κ3) is 5.65. The molecule has 0 spiro atoms. The second kappa shape index (κ2) is 10.6. The highest BCUT2D eigenvalue weighted by Gasteiger charge is 2.35. The number of carbonyl (C=O) groups is 2. The largest absolute Gasteiger partial charge is 0.350 e. The summed E-state index contributed by atoms with van der Waals surface area (Å²) in [4.78, 5) is 30.4. The number of hydrogen-bond acceptors (Lipinski definition) is 4. The highest BCUT2D eigenvalue weighted by Crippen LogP contribution is 2.18. The summed E-state index contributed by atoms with van der Waals surface area (Å²) in [5, 5.41) is 12.2. The summed E-state index contributed by atoms with van der Waals surface area (Å²) in [5.74, 6) is -0.410. The van der Waals surface area contributed by atoms with Crippen molar-refractivity contribution in [1.29, 1.82) is 5.26 Å². The molecule has 1 atom stereocenters. The van der Waals surface area contributed by atoms with E-state index in [1.54, 1.807) is 29.2 Å². The van der Waals surface area contributed by atoms with Gasteiger partial charge in [-0.3, -0.25) is 14.5 Å². The van der Waals surface area contributed by atoms with Gasteiger partial charge in [0.25, 0.3) is 5.91 Å². The normalized spacial score (nSPS) is 16.1. The summed E-state index contributed by atoms with van der Waals surface area (Å²) in [7, 11) is 0. The summed E-state index contributed by atoms with van der Waals surface area (Å²) in [6.07, 6.45) is 0. The molecule has 1 saturated heterocycles. The molecule has 6 nitrogen and oxygen atoms in total. The minimum Gasteiger partial charge on any atom is -0.350 e. The van der Waals surface area contributed by atoms with E-state index >= 15 is 0 Å². The van der Waals surface area contributed by atoms with Gasteiger partial charge in [-0.2, -0.15) is 5.26 Å². The molecule has 1 aliphatic rings. The van der Waals surface area contributed by atoms with Gasteiger partial charge >= 0.3 is 0 Å². The summed E-state index contributed by atoms with van der Waals surface area (Å²) in [6.45, 7) is 2.67. The van der Waals surface area contributed by atoms with E-state index in [0.29, 0.717) is 37.3 Å². The zero-order valence-corrected chi connectivity index (χ0v) is 18.4. The lowest BCUT2D eigenvalue weighted by Gasteiger charge is -2.40. The molecule has 1 N–H and O–H groups in total. The fraction of sp³-hybridized carbons (Fsp3) is 0.222. The standard InChI is InChI=1S/C27H26N4O2/c28-17-23-12-7-13-24(16-23)27(33)31-15-14-30(19-22-10-5-2-6-11-22)20-25(31)26(32)29-18-21-8-3-1-4-9-21/h1-13,16,25H,14-15,18-20H2,(H,29,32). The molecular weight excluding hydrogens is 412 g/mol.